The number of nitrogens with zero attached hydrogens (tertiary/aromatic N) is 2. The van der Waals surface area contributed by atoms with Gasteiger partial charge in [-0.05, 0) is 18.6 Å². The number of nitrogens with two attached hydrogens (primary N) is 1. The molecule has 3 aromatic rings. The van der Waals surface area contributed by atoms with E-state index in [4.69, 9.17) is 5.73 Å². The van der Waals surface area contributed by atoms with Gasteiger partial charge in [0.05, 0.1) is 18.3 Å². The van der Waals surface area contributed by atoms with Gasteiger partial charge >= 0.3 is 0 Å². The maximum atomic E-state index is 5.69. The van der Waals surface area contributed by atoms with Crippen LogP contribution in [0.25, 0.3) is 16.6 Å². The Morgan fingerprint density at radius 1 is 1.22 bits per heavy atom. The van der Waals surface area contributed by atoms with Crippen molar-refractivity contribution in [2.45, 2.75) is 13.5 Å². The minimum Gasteiger partial charge on any atom is -0.324 e. The number of imidazole rings is 1. The lowest BCUT2D eigenvalue weighted by molar-refractivity contribution is 0.904. The summed E-state index contributed by atoms with van der Waals surface area (Å²) in [5, 5.41) is 0. The summed E-state index contributed by atoms with van der Waals surface area (Å²) in [5.41, 5.74) is 10.4. The maximum absolute atomic E-state index is 5.69. The van der Waals surface area contributed by atoms with Crippen molar-refractivity contribution < 1.29 is 0 Å². The zero-order valence-corrected chi connectivity index (χ0v) is 10.3. The van der Waals surface area contributed by atoms with Gasteiger partial charge in [-0.25, -0.2) is 4.98 Å². The normalized spacial score (nSPS) is 11.0. The number of pyridine rings is 1. The largest absolute Gasteiger partial charge is 0.324 e. The highest BCUT2D eigenvalue weighted by Gasteiger charge is 2.07. The van der Waals surface area contributed by atoms with Crippen molar-refractivity contribution in [1.29, 1.82) is 0 Å². The Labute approximate surface area is 106 Å². The third-order valence-corrected chi connectivity index (χ3v) is 3.16. The van der Waals surface area contributed by atoms with E-state index >= 15 is 0 Å². The molecule has 2 aromatic heterocycles. The van der Waals surface area contributed by atoms with Gasteiger partial charge in [0.15, 0.2) is 0 Å². The van der Waals surface area contributed by atoms with Crippen molar-refractivity contribution >= 4 is 5.52 Å². The SMILES string of the molecule is Cc1cccc(-c2cccn3c(CN)ncc23)c1. The van der Waals surface area contributed by atoms with Gasteiger partial charge < -0.3 is 10.1 Å². The summed E-state index contributed by atoms with van der Waals surface area (Å²) in [5.74, 6) is 0.888. The van der Waals surface area contributed by atoms with E-state index in [0.717, 1.165) is 11.3 Å². The second-order valence-corrected chi connectivity index (χ2v) is 4.43. The fourth-order valence-electron chi connectivity index (χ4n) is 2.28. The molecule has 2 heterocycles. The molecule has 0 unspecified atom stereocenters. The van der Waals surface area contributed by atoms with Gasteiger partial charge in [0.1, 0.15) is 5.82 Å². The summed E-state index contributed by atoms with van der Waals surface area (Å²) < 4.78 is 2.05. The molecule has 0 amide bonds. The molecule has 90 valence electrons. The number of aromatic nitrogens is 2. The van der Waals surface area contributed by atoms with Gasteiger partial charge in [0.25, 0.3) is 0 Å². The van der Waals surface area contributed by atoms with E-state index in [1.807, 2.05) is 18.5 Å². The van der Waals surface area contributed by atoms with Crippen LogP contribution in [0, 0.1) is 6.92 Å². The monoisotopic (exact) mass is 237 g/mol. The van der Waals surface area contributed by atoms with E-state index in [9.17, 15) is 0 Å². The molecule has 0 aliphatic carbocycles. The molecule has 1 aromatic carbocycles. The van der Waals surface area contributed by atoms with Crippen LogP contribution in [-0.2, 0) is 6.54 Å². The molecule has 3 rings (SSSR count). The Morgan fingerprint density at radius 3 is 2.89 bits per heavy atom. The lowest BCUT2D eigenvalue weighted by atomic mass is 10.0. The summed E-state index contributed by atoms with van der Waals surface area (Å²) in [7, 11) is 0. The van der Waals surface area contributed by atoms with Crippen LogP contribution in [0.1, 0.15) is 11.4 Å². The zero-order chi connectivity index (χ0) is 12.5. The topological polar surface area (TPSA) is 43.3 Å². The quantitative estimate of drug-likeness (QED) is 0.744. The second kappa shape index (κ2) is 4.27. The number of rotatable bonds is 2. The first-order chi connectivity index (χ1) is 8.79. The van der Waals surface area contributed by atoms with Crippen molar-refractivity contribution in [2.75, 3.05) is 0 Å². The van der Waals surface area contributed by atoms with Crippen LogP contribution >= 0.6 is 0 Å². The standard InChI is InChI=1S/C15H15N3/c1-11-4-2-5-12(8-11)13-6-3-7-18-14(13)10-17-15(18)9-16/h2-8,10H,9,16H2,1H3. The smallest absolute Gasteiger partial charge is 0.127 e. The Balaban J connectivity index is 2.26. The van der Waals surface area contributed by atoms with Crippen molar-refractivity contribution in [3.63, 3.8) is 0 Å². The Kier molecular flexibility index (Phi) is 2.61. The summed E-state index contributed by atoms with van der Waals surface area (Å²) in [4.78, 5) is 4.36. The number of aryl methyl sites for hydroxylation is 1. The molecule has 0 saturated heterocycles. The van der Waals surface area contributed by atoms with Gasteiger partial charge in [-0.15, -0.1) is 0 Å². The third-order valence-electron chi connectivity index (χ3n) is 3.16. The van der Waals surface area contributed by atoms with Crippen molar-refractivity contribution in [1.82, 2.24) is 9.38 Å². The number of benzene rings is 1. The van der Waals surface area contributed by atoms with Crippen molar-refractivity contribution in [3.8, 4) is 11.1 Å². The van der Waals surface area contributed by atoms with Crippen molar-refractivity contribution in [3.05, 3.63) is 60.2 Å². The van der Waals surface area contributed by atoms with Gasteiger partial charge in [0, 0.05) is 11.8 Å². The molecule has 0 spiro atoms. The van der Waals surface area contributed by atoms with E-state index in [1.165, 1.54) is 16.7 Å². The predicted molar refractivity (Wildman–Crippen MR) is 73.3 cm³/mol. The number of hydrogen-bond acceptors (Lipinski definition) is 2. The third kappa shape index (κ3) is 1.69. The van der Waals surface area contributed by atoms with Gasteiger partial charge in [-0.1, -0.05) is 35.9 Å². The van der Waals surface area contributed by atoms with E-state index in [1.54, 1.807) is 0 Å². The van der Waals surface area contributed by atoms with E-state index < -0.39 is 0 Å². The fraction of sp³-hybridized carbons (Fsp3) is 0.133. The lowest BCUT2D eigenvalue weighted by Crippen LogP contribution is -2.02. The highest BCUT2D eigenvalue weighted by atomic mass is 15.0. The van der Waals surface area contributed by atoms with Crippen molar-refractivity contribution in [2.24, 2.45) is 5.73 Å². The number of hydrogen-bond donors (Lipinski definition) is 1. The molecule has 2 N–H and O–H groups in total. The first-order valence-corrected chi connectivity index (χ1v) is 6.01. The van der Waals surface area contributed by atoms with Crippen LogP contribution in [0.15, 0.2) is 48.8 Å². The molecule has 3 nitrogen and oxygen atoms in total. The van der Waals surface area contributed by atoms with Crippen LogP contribution in [0.4, 0.5) is 0 Å². The fourth-order valence-corrected chi connectivity index (χ4v) is 2.28. The first-order valence-electron chi connectivity index (χ1n) is 6.01. The minimum atomic E-state index is 0.450. The van der Waals surface area contributed by atoms with Gasteiger partial charge in [-0.3, -0.25) is 0 Å². The summed E-state index contributed by atoms with van der Waals surface area (Å²) >= 11 is 0. The molecular formula is C15H15N3. The Bertz CT molecular complexity index is 698. The van der Waals surface area contributed by atoms with Crippen LogP contribution in [-0.4, -0.2) is 9.38 Å². The van der Waals surface area contributed by atoms with Crippen LogP contribution in [0.2, 0.25) is 0 Å². The van der Waals surface area contributed by atoms with Gasteiger partial charge in [-0.2, -0.15) is 0 Å². The summed E-state index contributed by atoms with van der Waals surface area (Å²) in [6, 6.07) is 12.6. The lowest BCUT2D eigenvalue weighted by Gasteiger charge is -2.06. The van der Waals surface area contributed by atoms with E-state index in [-0.39, 0.29) is 0 Å². The second-order valence-electron chi connectivity index (χ2n) is 4.43. The summed E-state index contributed by atoms with van der Waals surface area (Å²) in [6.07, 6.45) is 3.89. The van der Waals surface area contributed by atoms with Crippen LogP contribution in [0.3, 0.4) is 0 Å². The Morgan fingerprint density at radius 2 is 2.11 bits per heavy atom. The molecule has 3 heteroatoms. The molecule has 0 atom stereocenters. The predicted octanol–water partition coefficient (Wildman–Crippen LogP) is 2.77. The average Bonchev–Trinajstić information content (AvgIpc) is 2.81. The highest BCUT2D eigenvalue weighted by molar-refractivity contribution is 5.80. The molecule has 0 saturated carbocycles. The van der Waals surface area contributed by atoms with Gasteiger partial charge in [0.2, 0.25) is 0 Å². The molecule has 18 heavy (non-hydrogen) atoms. The summed E-state index contributed by atoms with van der Waals surface area (Å²) in [6.45, 7) is 2.55. The molecule has 0 bridgehead atoms. The van der Waals surface area contributed by atoms with E-state index in [0.29, 0.717) is 6.54 Å². The minimum absolute atomic E-state index is 0.450. The molecule has 0 fully saturated rings. The van der Waals surface area contributed by atoms with E-state index in [2.05, 4.69) is 46.6 Å². The first kappa shape index (κ1) is 11.0. The maximum Gasteiger partial charge on any atom is 0.127 e. The highest BCUT2D eigenvalue weighted by Crippen LogP contribution is 2.25. The average molecular weight is 237 g/mol. The molecule has 0 radical (unpaired) electrons. The molecular weight excluding hydrogens is 222 g/mol. The zero-order valence-electron chi connectivity index (χ0n) is 10.3. The Hall–Kier alpha value is -2.13. The van der Waals surface area contributed by atoms with Crippen LogP contribution in [0.5, 0.6) is 0 Å². The molecule has 0 aliphatic rings. The molecule has 0 aliphatic heterocycles. The number of fused-ring (bicyclic) bond motifs is 1. The van der Waals surface area contributed by atoms with Crippen LogP contribution < -0.4 is 5.73 Å².